The number of rotatable bonds is 1. The maximum atomic E-state index is 13.0. The van der Waals surface area contributed by atoms with Gasteiger partial charge in [0.2, 0.25) is 0 Å². The molecular formula is C21H32O4. The van der Waals surface area contributed by atoms with E-state index in [9.17, 15) is 14.7 Å². The molecule has 0 aromatic carbocycles. The molecule has 4 saturated carbocycles. The Labute approximate surface area is 150 Å². The molecule has 0 amide bonds. The van der Waals surface area contributed by atoms with E-state index < -0.39 is 0 Å². The number of fused-ring (bicyclic) bond motifs is 5. The smallest absolute Gasteiger partial charge is 0.302 e. The minimum atomic E-state index is -0.299. The summed E-state index contributed by atoms with van der Waals surface area (Å²) < 4.78 is 5.68. The van der Waals surface area contributed by atoms with Gasteiger partial charge < -0.3 is 9.84 Å². The van der Waals surface area contributed by atoms with Crippen molar-refractivity contribution in [1.82, 2.24) is 0 Å². The van der Waals surface area contributed by atoms with E-state index in [0.29, 0.717) is 36.4 Å². The van der Waals surface area contributed by atoms with E-state index in [2.05, 4.69) is 13.8 Å². The third-order valence-electron chi connectivity index (χ3n) is 8.65. The Bertz CT molecular complexity index is 586. The first-order chi connectivity index (χ1) is 11.8. The highest BCUT2D eigenvalue weighted by Crippen LogP contribution is 2.65. The van der Waals surface area contributed by atoms with Gasteiger partial charge >= 0.3 is 5.97 Å². The van der Waals surface area contributed by atoms with Crippen molar-refractivity contribution in [3.8, 4) is 0 Å². The predicted molar refractivity (Wildman–Crippen MR) is 93.7 cm³/mol. The first kappa shape index (κ1) is 17.5. The van der Waals surface area contributed by atoms with Gasteiger partial charge in [0.25, 0.3) is 0 Å². The largest absolute Gasteiger partial charge is 0.462 e. The van der Waals surface area contributed by atoms with Crippen molar-refractivity contribution in [2.45, 2.75) is 84.3 Å². The normalized spacial score (nSPS) is 52.1. The molecule has 4 aliphatic carbocycles. The molecule has 4 aliphatic rings. The molecule has 0 aliphatic heterocycles. The number of aliphatic hydroxyl groups excluding tert-OH is 1. The zero-order valence-corrected chi connectivity index (χ0v) is 15.8. The average molecular weight is 348 g/mol. The minimum absolute atomic E-state index is 0.0183. The molecule has 8 atom stereocenters. The number of esters is 1. The maximum absolute atomic E-state index is 13.0. The summed E-state index contributed by atoms with van der Waals surface area (Å²) in [5.41, 5.74) is 0.0879. The first-order valence-corrected chi connectivity index (χ1v) is 10.1. The van der Waals surface area contributed by atoms with Crippen LogP contribution in [0.25, 0.3) is 0 Å². The summed E-state index contributed by atoms with van der Waals surface area (Å²) in [6.07, 6.45) is 7.10. The fourth-order valence-corrected chi connectivity index (χ4v) is 7.37. The molecule has 1 N–H and O–H groups in total. The maximum Gasteiger partial charge on any atom is 0.302 e. The highest BCUT2D eigenvalue weighted by Gasteiger charge is 2.62. The number of hydrogen-bond acceptors (Lipinski definition) is 4. The van der Waals surface area contributed by atoms with Crippen LogP contribution in [0.15, 0.2) is 0 Å². The Morgan fingerprint density at radius 1 is 1.08 bits per heavy atom. The molecule has 0 radical (unpaired) electrons. The van der Waals surface area contributed by atoms with Crippen molar-refractivity contribution >= 4 is 11.8 Å². The third kappa shape index (κ3) is 2.50. The monoisotopic (exact) mass is 348 g/mol. The SMILES string of the molecule is CC(=O)OC1CCC2C3CC(=O)C4CC(O)CCC4(C)C3CCC12C. The Hall–Kier alpha value is -0.900. The van der Waals surface area contributed by atoms with E-state index in [4.69, 9.17) is 4.74 Å². The van der Waals surface area contributed by atoms with E-state index in [1.165, 1.54) is 6.92 Å². The standard InChI is InChI=1S/C21H32O4/c1-12(22)25-19-5-4-15-14-11-18(24)17-10-13(23)6-8-20(17,2)16(14)7-9-21(15,19)3/h13-17,19,23H,4-11H2,1-3H3. The average Bonchev–Trinajstić information content (AvgIpc) is 2.86. The summed E-state index contributed by atoms with van der Waals surface area (Å²) in [4.78, 5) is 24.5. The van der Waals surface area contributed by atoms with Gasteiger partial charge in [-0.05, 0) is 68.1 Å². The summed E-state index contributed by atoms with van der Waals surface area (Å²) in [5, 5.41) is 10.1. The topological polar surface area (TPSA) is 63.6 Å². The van der Waals surface area contributed by atoms with E-state index in [1.54, 1.807) is 0 Å². The molecule has 0 aromatic rings. The van der Waals surface area contributed by atoms with E-state index in [-0.39, 0.29) is 34.9 Å². The van der Waals surface area contributed by atoms with Crippen molar-refractivity contribution in [1.29, 1.82) is 0 Å². The van der Waals surface area contributed by atoms with Crippen LogP contribution in [-0.4, -0.2) is 29.1 Å². The van der Waals surface area contributed by atoms with Crippen LogP contribution in [0.4, 0.5) is 0 Å². The highest BCUT2D eigenvalue weighted by molar-refractivity contribution is 5.83. The summed E-state index contributed by atoms with van der Waals surface area (Å²) in [6.45, 7) is 6.11. The van der Waals surface area contributed by atoms with Gasteiger partial charge in [-0.1, -0.05) is 13.8 Å². The van der Waals surface area contributed by atoms with Crippen LogP contribution in [0.2, 0.25) is 0 Å². The quantitative estimate of drug-likeness (QED) is 0.737. The molecule has 140 valence electrons. The van der Waals surface area contributed by atoms with E-state index in [1.807, 2.05) is 0 Å². The number of aliphatic hydroxyl groups is 1. The molecule has 4 fully saturated rings. The number of ketones is 1. The molecule has 0 heterocycles. The zero-order valence-electron chi connectivity index (χ0n) is 15.8. The second-order valence-corrected chi connectivity index (χ2v) is 9.75. The van der Waals surface area contributed by atoms with Crippen molar-refractivity contribution in [3.05, 3.63) is 0 Å². The Morgan fingerprint density at radius 2 is 1.76 bits per heavy atom. The van der Waals surface area contributed by atoms with Crippen LogP contribution in [0.1, 0.15) is 72.1 Å². The molecule has 0 spiro atoms. The molecule has 25 heavy (non-hydrogen) atoms. The molecular weight excluding hydrogens is 316 g/mol. The zero-order chi connectivity index (χ0) is 18.0. The van der Waals surface area contributed by atoms with Gasteiger partial charge in [0, 0.05) is 24.7 Å². The second kappa shape index (κ2) is 5.80. The number of hydrogen-bond donors (Lipinski definition) is 1. The number of ether oxygens (including phenoxy) is 1. The van der Waals surface area contributed by atoms with Crippen LogP contribution in [0.5, 0.6) is 0 Å². The lowest BCUT2D eigenvalue weighted by Gasteiger charge is -2.59. The second-order valence-electron chi connectivity index (χ2n) is 9.75. The Kier molecular flexibility index (Phi) is 4.06. The van der Waals surface area contributed by atoms with Gasteiger partial charge in [0.05, 0.1) is 6.10 Å². The summed E-state index contributed by atoms with van der Waals surface area (Å²) in [6, 6.07) is 0. The minimum Gasteiger partial charge on any atom is -0.462 e. The number of carbonyl (C=O) groups is 2. The van der Waals surface area contributed by atoms with Crippen LogP contribution < -0.4 is 0 Å². The summed E-state index contributed by atoms with van der Waals surface area (Å²) >= 11 is 0. The van der Waals surface area contributed by atoms with Gasteiger partial charge in [-0.3, -0.25) is 9.59 Å². The first-order valence-electron chi connectivity index (χ1n) is 10.1. The van der Waals surface area contributed by atoms with Crippen LogP contribution >= 0.6 is 0 Å². The van der Waals surface area contributed by atoms with Gasteiger partial charge in [-0.2, -0.15) is 0 Å². The molecule has 0 bridgehead atoms. The number of carbonyl (C=O) groups excluding carboxylic acids is 2. The highest BCUT2D eigenvalue weighted by atomic mass is 16.5. The lowest BCUT2D eigenvalue weighted by molar-refractivity contribution is -0.169. The predicted octanol–water partition coefficient (Wildman–Crippen LogP) is 3.50. The molecule has 4 heteroatoms. The van der Waals surface area contributed by atoms with Gasteiger partial charge in [0.1, 0.15) is 11.9 Å². The number of Topliss-reactive ketones (excluding diaryl/α,β-unsaturated/α-hetero) is 1. The fourth-order valence-electron chi connectivity index (χ4n) is 7.37. The van der Waals surface area contributed by atoms with E-state index in [0.717, 1.165) is 38.5 Å². The van der Waals surface area contributed by atoms with Gasteiger partial charge in [0.15, 0.2) is 0 Å². The van der Waals surface area contributed by atoms with Crippen LogP contribution in [0.3, 0.4) is 0 Å². The summed E-state index contributed by atoms with van der Waals surface area (Å²) in [7, 11) is 0. The van der Waals surface area contributed by atoms with Gasteiger partial charge in [-0.15, -0.1) is 0 Å². The molecule has 0 saturated heterocycles. The summed E-state index contributed by atoms with van der Waals surface area (Å²) in [5.74, 6) is 1.75. The molecule has 4 rings (SSSR count). The van der Waals surface area contributed by atoms with E-state index >= 15 is 0 Å². The molecule has 4 nitrogen and oxygen atoms in total. The third-order valence-corrected chi connectivity index (χ3v) is 8.65. The Balaban J connectivity index is 1.62. The lowest BCUT2D eigenvalue weighted by atomic mass is 9.45. The van der Waals surface area contributed by atoms with Crippen molar-refractivity contribution < 1.29 is 19.4 Å². The molecule has 0 aromatic heterocycles. The van der Waals surface area contributed by atoms with Gasteiger partial charge in [-0.25, -0.2) is 0 Å². The van der Waals surface area contributed by atoms with Crippen LogP contribution in [-0.2, 0) is 14.3 Å². The van der Waals surface area contributed by atoms with Crippen LogP contribution in [0, 0.1) is 34.5 Å². The lowest BCUT2D eigenvalue weighted by Crippen LogP contribution is -2.57. The van der Waals surface area contributed by atoms with Crippen molar-refractivity contribution in [2.24, 2.45) is 34.5 Å². The molecule has 8 unspecified atom stereocenters. The van der Waals surface area contributed by atoms with Crippen molar-refractivity contribution in [2.75, 3.05) is 0 Å². The Morgan fingerprint density at radius 3 is 2.48 bits per heavy atom. The fraction of sp³-hybridized carbons (Fsp3) is 0.905. The van der Waals surface area contributed by atoms with Crippen molar-refractivity contribution in [3.63, 3.8) is 0 Å².